The van der Waals surface area contributed by atoms with E-state index in [4.69, 9.17) is 4.98 Å². The molecule has 0 spiro atoms. The molecule has 4 aromatic carbocycles. The maximum atomic E-state index is 14.7. The lowest BCUT2D eigenvalue weighted by Crippen LogP contribution is -2.38. The minimum atomic E-state index is -0.226. The maximum absolute atomic E-state index is 14.7. The lowest BCUT2D eigenvalue weighted by atomic mass is 9.96. The first-order chi connectivity index (χ1) is 20.6. The minimum Gasteiger partial charge on any atom is -0.340 e. The fourth-order valence-electron chi connectivity index (χ4n) is 6.32. The summed E-state index contributed by atoms with van der Waals surface area (Å²) in [6.45, 7) is 6.12. The van der Waals surface area contributed by atoms with E-state index in [-0.39, 0.29) is 11.9 Å². The summed E-state index contributed by atoms with van der Waals surface area (Å²) in [7, 11) is 0. The van der Waals surface area contributed by atoms with E-state index in [0.29, 0.717) is 13.0 Å². The second-order valence-electron chi connectivity index (χ2n) is 11.5. The van der Waals surface area contributed by atoms with Crippen LogP contribution in [0.1, 0.15) is 72.4 Å². The number of likely N-dealkylation sites (tertiary alicyclic amines) is 1. The van der Waals surface area contributed by atoms with E-state index in [2.05, 4.69) is 98.9 Å². The Bertz CT molecular complexity index is 1630. The van der Waals surface area contributed by atoms with Crippen molar-refractivity contribution in [2.24, 2.45) is 0 Å². The third-order valence-electron chi connectivity index (χ3n) is 8.57. The van der Waals surface area contributed by atoms with Gasteiger partial charge in [-0.2, -0.15) is 0 Å². The maximum Gasteiger partial charge on any atom is 0.255 e. The summed E-state index contributed by atoms with van der Waals surface area (Å²) in [4.78, 5) is 28.1. The number of H-pyrrole nitrogens is 1. The average molecular weight is 671 g/mol. The van der Waals surface area contributed by atoms with Gasteiger partial charge >= 0.3 is 0 Å². The topological polar surface area (TPSA) is 52.2 Å². The number of piperidine rings is 1. The average Bonchev–Trinajstić information content (AvgIpc) is 3.46. The van der Waals surface area contributed by atoms with E-state index < -0.39 is 0 Å². The Morgan fingerprint density at radius 1 is 0.929 bits per heavy atom. The third kappa shape index (κ3) is 6.25. The van der Waals surface area contributed by atoms with Crippen molar-refractivity contribution in [2.45, 2.75) is 58.0 Å². The van der Waals surface area contributed by atoms with Crippen molar-refractivity contribution in [1.82, 2.24) is 19.8 Å². The summed E-state index contributed by atoms with van der Waals surface area (Å²) in [6, 6.07) is 29.1. The summed E-state index contributed by atoms with van der Waals surface area (Å²) in [5.74, 6) is 0.917. The lowest BCUT2D eigenvalue weighted by molar-refractivity contribution is 0.0665. The number of para-hydroxylation sites is 2. The van der Waals surface area contributed by atoms with E-state index in [1.54, 1.807) is 0 Å². The summed E-state index contributed by atoms with van der Waals surface area (Å²) in [5, 5.41) is 2.12. The number of nitrogens with zero attached hydrogens (tertiary/aromatic N) is 3. The number of hydrogen-bond acceptors (Lipinski definition) is 3. The molecule has 1 N–H and O–H groups in total. The number of aromatic nitrogens is 2. The fourth-order valence-corrected chi connectivity index (χ4v) is 7.13. The van der Waals surface area contributed by atoms with Crippen LogP contribution in [0.4, 0.5) is 0 Å². The van der Waals surface area contributed by atoms with Crippen LogP contribution in [-0.2, 0) is 13.0 Å². The summed E-state index contributed by atoms with van der Waals surface area (Å²) in [5.41, 5.74) is 5.33. The van der Waals surface area contributed by atoms with Crippen LogP contribution in [0.5, 0.6) is 0 Å². The van der Waals surface area contributed by atoms with Crippen LogP contribution in [-0.4, -0.2) is 45.3 Å². The highest BCUT2D eigenvalue weighted by Crippen LogP contribution is 2.32. The number of rotatable bonds is 10. The third-order valence-corrected chi connectivity index (χ3v) is 9.47. The van der Waals surface area contributed by atoms with Gasteiger partial charge in [-0.1, -0.05) is 80.4 Å². The molecule has 216 valence electrons. The van der Waals surface area contributed by atoms with E-state index in [9.17, 15) is 4.79 Å². The quantitative estimate of drug-likeness (QED) is 0.152. The number of aromatic amines is 1. The minimum absolute atomic E-state index is 0.0668. The van der Waals surface area contributed by atoms with Crippen LogP contribution in [0.15, 0.2) is 84.9 Å². The summed E-state index contributed by atoms with van der Waals surface area (Å²) < 4.78 is 1.09. The summed E-state index contributed by atoms with van der Waals surface area (Å²) in [6.07, 6.45) is 6.52. The fraction of sp³-hybridized carbons (Fsp3) is 0.333. The van der Waals surface area contributed by atoms with Crippen LogP contribution < -0.4 is 0 Å². The Hall–Kier alpha value is -3.23. The Kier molecular flexibility index (Phi) is 9.20. The predicted octanol–water partition coefficient (Wildman–Crippen LogP) is 8.53. The number of carbonyl (C=O) groups is 1. The van der Waals surface area contributed by atoms with Crippen molar-refractivity contribution in [3.63, 3.8) is 0 Å². The second-order valence-corrected chi connectivity index (χ2v) is 12.6. The standard InChI is InChI=1S/C36H39IN4O/c1-2-3-23-41(36(42)29-17-11-15-26-16-12-18-30(37)34(26)29)33(35-38-31-19-7-8-20-32(31)39-35)24-27-13-5-6-14-28(27)25-40-21-9-4-10-22-40/h5-8,11-20,33H,2-4,9-10,21-25H2,1H3,(H,38,39). The van der Waals surface area contributed by atoms with Crippen molar-refractivity contribution in [1.29, 1.82) is 0 Å². The molecule has 0 saturated carbocycles. The Morgan fingerprint density at radius 2 is 1.67 bits per heavy atom. The predicted molar refractivity (Wildman–Crippen MR) is 181 cm³/mol. The van der Waals surface area contributed by atoms with E-state index in [1.165, 1.54) is 30.4 Å². The van der Waals surface area contributed by atoms with Gasteiger partial charge < -0.3 is 9.88 Å². The number of halogens is 1. The van der Waals surface area contributed by atoms with E-state index >= 15 is 0 Å². The molecular weight excluding hydrogens is 631 g/mol. The highest BCUT2D eigenvalue weighted by molar-refractivity contribution is 14.1. The smallest absolute Gasteiger partial charge is 0.255 e. The molecule has 5 aromatic rings. The lowest BCUT2D eigenvalue weighted by Gasteiger charge is -2.33. The van der Waals surface area contributed by atoms with Crippen molar-refractivity contribution in [2.75, 3.05) is 19.6 Å². The number of imidazole rings is 1. The normalized spacial score (nSPS) is 14.8. The molecule has 1 atom stereocenters. The first-order valence-corrected chi connectivity index (χ1v) is 16.4. The monoisotopic (exact) mass is 670 g/mol. The Morgan fingerprint density at radius 3 is 2.45 bits per heavy atom. The van der Waals surface area contributed by atoms with Crippen molar-refractivity contribution < 1.29 is 4.79 Å². The first kappa shape index (κ1) is 28.9. The molecule has 1 amide bonds. The van der Waals surface area contributed by atoms with Crippen molar-refractivity contribution in [3.05, 3.63) is 111 Å². The zero-order chi connectivity index (χ0) is 28.9. The highest BCUT2D eigenvalue weighted by atomic mass is 127. The van der Waals surface area contributed by atoms with Gasteiger partial charge in [0.25, 0.3) is 5.91 Å². The van der Waals surface area contributed by atoms with Gasteiger partial charge in [-0.25, -0.2) is 4.98 Å². The molecule has 0 aliphatic carbocycles. The number of carbonyl (C=O) groups excluding carboxylic acids is 1. The Balaban J connectivity index is 1.44. The number of hydrogen-bond donors (Lipinski definition) is 1. The van der Waals surface area contributed by atoms with Crippen LogP contribution in [0, 0.1) is 3.57 Å². The van der Waals surface area contributed by atoms with Crippen molar-refractivity contribution >= 4 is 50.3 Å². The zero-order valence-electron chi connectivity index (χ0n) is 24.4. The number of nitrogens with one attached hydrogen (secondary N) is 1. The Labute approximate surface area is 262 Å². The molecule has 42 heavy (non-hydrogen) atoms. The first-order valence-electron chi connectivity index (χ1n) is 15.3. The van der Waals surface area contributed by atoms with Gasteiger partial charge in [0.05, 0.1) is 17.1 Å². The molecule has 1 fully saturated rings. The number of unbranched alkanes of at least 4 members (excludes halogenated alkanes) is 1. The molecular formula is C36H39IN4O. The molecule has 1 saturated heterocycles. The van der Waals surface area contributed by atoms with Crippen LogP contribution in [0.25, 0.3) is 21.8 Å². The molecule has 1 aliphatic rings. The summed E-state index contributed by atoms with van der Waals surface area (Å²) >= 11 is 2.36. The highest BCUT2D eigenvalue weighted by Gasteiger charge is 2.30. The van der Waals surface area contributed by atoms with Crippen LogP contribution >= 0.6 is 22.6 Å². The molecule has 2 heterocycles. The number of fused-ring (bicyclic) bond motifs is 2. The number of amides is 1. The van der Waals surface area contributed by atoms with Crippen molar-refractivity contribution in [3.8, 4) is 0 Å². The molecule has 1 aromatic heterocycles. The van der Waals surface area contributed by atoms with Gasteiger partial charge in [0, 0.05) is 34.0 Å². The molecule has 0 radical (unpaired) electrons. The SMILES string of the molecule is CCCCN(C(=O)c1cccc2cccc(I)c12)C(Cc1ccccc1CN1CCCCC1)c1nc2ccccc2[nH]1. The van der Waals surface area contributed by atoms with Gasteiger partial charge in [-0.05, 0) is 95.7 Å². The molecule has 6 heteroatoms. The van der Waals surface area contributed by atoms with Gasteiger partial charge in [-0.15, -0.1) is 0 Å². The second kappa shape index (κ2) is 13.4. The van der Waals surface area contributed by atoms with E-state index in [1.807, 2.05) is 30.3 Å². The van der Waals surface area contributed by atoms with Gasteiger partial charge in [0.15, 0.2) is 0 Å². The van der Waals surface area contributed by atoms with Crippen LogP contribution in [0.2, 0.25) is 0 Å². The molecule has 1 unspecified atom stereocenters. The molecule has 5 nitrogen and oxygen atoms in total. The van der Waals surface area contributed by atoms with E-state index in [0.717, 1.165) is 69.2 Å². The molecule has 0 bridgehead atoms. The van der Waals surface area contributed by atoms with Gasteiger partial charge in [0.2, 0.25) is 0 Å². The molecule has 6 rings (SSSR count). The van der Waals surface area contributed by atoms with Crippen LogP contribution in [0.3, 0.4) is 0 Å². The van der Waals surface area contributed by atoms with Gasteiger partial charge in [-0.3, -0.25) is 9.69 Å². The molecule has 1 aliphatic heterocycles. The van der Waals surface area contributed by atoms with Gasteiger partial charge in [0.1, 0.15) is 5.82 Å². The largest absolute Gasteiger partial charge is 0.340 e. The number of benzene rings is 4. The zero-order valence-corrected chi connectivity index (χ0v) is 26.5.